The van der Waals surface area contributed by atoms with Gasteiger partial charge in [0, 0.05) is 11.6 Å². The Morgan fingerprint density at radius 1 is 1.00 bits per heavy atom. The van der Waals surface area contributed by atoms with Gasteiger partial charge in [-0.3, -0.25) is 9.52 Å². The van der Waals surface area contributed by atoms with Gasteiger partial charge in [-0.15, -0.1) is 0 Å². The van der Waals surface area contributed by atoms with Gasteiger partial charge in [0.1, 0.15) is 5.75 Å². The molecule has 3 rings (SSSR count). The molecule has 0 radical (unpaired) electrons. The lowest BCUT2D eigenvalue weighted by Crippen LogP contribution is -2.20. The van der Waals surface area contributed by atoms with Crippen molar-refractivity contribution in [3.63, 3.8) is 0 Å². The number of aromatic nitrogens is 2. The predicted octanol–water partition coefficient (Wildman–Crippen LogP) is 3.81. The van der Waals surface area contributed by atoms with E-state index in [1.54, 1.807) is 6.07 Å². The smallest absolute Gasteiger partial charge is 0.262 e. The maximum absolute atomic E-state index is 12.3. The Balaban J connectivity index is 1.62. The molecule has 1 heterocycles. The summed E-state index contributed by atoms with van der Waals surface area (Å²) in [5, 5.41) is 2.68. The predicted molar refractivity (Wildman–Crippen MR) is 113 cm³/mol. The minimum atomic E-state index is -3.96. The van der Waals surface area contributed by atoms with Crippen molar-refractivity contribution >= 4 is 27.6 Å². The molecule has 0 atom stereocenters. The molecule has 0 saturated carbocycles. The Morgan fingerprint density at radius 3 is 2.30 bits per heavy atom. The molecule has 1 amide bonds. The number of nitrogens with zero attached hydrogens (tertiary/aromatic N) is 3. The number of benzene rings is 2. The molecule has 0 fully saturated rings. The number of amides is 1. The molecule has 0 unspecified atom stereocenters. The largest absolute Gasteiger partial charge is 0.483 e. The summed E-state index contributed by atoms with van der Waals surface area (Å²) >= 11 is 0. The second kappa shape index (κ2) is 8.91. The second-order valence-electron chi connectivity index (χ2n) is 6.63. The number of rotatable bonds is 7. The van der Waals surface area contributed by atoms with Gasteiger partial charge >= 0.3 is 0 Å². The van der Waals surface area contributed by atoms with Crippen molar-refractivity contribution in [2.75, 3.05) is 11.9 Å². The van der Waals surface area contributed by atoms with Crippen LogP contribution in [0, 0.1) is 20.8 Å². The molecule has 1 aromatic heterocycles. The van der Waals surface area contributed by atoms with Crippen molar-refractivity contribution in [1.29, 1.82) is 0 Å². The third-order valence-corrected chi connectivity index (χ3v) is 5.68. The summed E-state index contributed by atoms with van der Waals surface area (Å²) in [5.41, 5.74) is 3.46. The maximum Gasteiger partial charge on any atom is 0.262 e. The molecule has 2 aromatic carbocycles. The van der Waals surface area contributed by atoms with Gasteiger partial charge in [-0.25, -0.2) is 8.42 Å². The van der Waals surface area contributed by atoms with E-state index in [2.05, 4.69) is 20.0 Å². The van der Waals surface area contributed by atoms with Crippen LogP contribution in [0.2, 0.25) is 0 Å². The summed E-state index contributed by atoms with van der Waals surface area (Å²) in [6, 6.07) is 11.2. The van der Waals surface area contributed by atoms with Gasteiger partial charge < -0.3 is 20.0 Å². The monoisotopic (exact) mass is 425 g/mol. The highest BCUT2D eigenvalue weighted by Gasteiger charge is 2.13. The number of sulfonamides is 1. The molecule has 0 aliphatic carbocycles. The molecule has 9 heteroatoms. The van der Waals surface area contributed by atoms with Crippen LogP contribution in [0.1, 0.15) is 16.7 Å². The van der Waals surface area contributed by atoms with Crippen LogP contribution in [0.5, 0.6) is 5.75 Å². The molecule has 0 aliphatic heterocycles. The van der Waals surface area contributed by atoms with E-state index in [1.165, 1.54) is 36.7 Å². The Kier molecular flexibility index (Phi) is 6.31. The average molecular weight is 425 g/mol. The fraction of sp³-hybridized carbons (Fsp3) is 0.190. The number of aryl methyl sites for hydroxylation is 2. The van der Waals surface area contributed by atoms with Gasteiger partial charge in [0.2, 0.25) is 10.0 Å². The lowest BCUT2D eigenvalue weighted by atomic mass is 10.1. The highest BCUT2D eigenvalue weighted by atomic mass is 32.2. The summed E-state index contributed by atoms with van der Waals surface area (Å²) in [7, 11) is -3.96. The summed E-state index contributed by atoms with van der Waals surface area (Å²) in [6.45, 7) is 5.68. The standard InChI is InChI=1S/C21H22N4O4S/c1-14-5-6-15(2)20(16(14)3)29-13-19(26)24-17-7-9-18(10-8-17)30(27,28)25-21-22-11-4-12-23-21/h4-12H,13H2,1-3H3,(H2,22,23,24,25,26)/p-1. The highest BCUT2D eigenvalue weighted by Crippen LogP contribution is 2.26. The Bertz CT molecular complexity index is 1150. The average Bonchev–Trinajstić information content (AvgIpc) is 2.72. The van der Waals surface area contributed by atoms with Gasteiger partial charge in [0.25, 0.3) is 5.91 Å². The van der Waals surface area contributed by atoms with E-state index in [0.29, 0.717) is 11.4 Å². The van der Waals surface area contributed by atoms with Crippen molar-refractivity contribution in [2.24, 2.45) is 0 Å². The van der Waals surface area contributed by atoms with Crippen molar-refractivity contribution in [2.45, 2.75) is 25.7 Å². The van der Waals surface area contributed by atoms with Crippen molar-refractivity contribution in [3.8, 4) is 5.75 Å². The van der Waals surface area contributed by atoms with E-state index in [4.69, 9.17) is 4.74 Å². The molecule has 0 bridgehead atoms. The van der Waals surface area contributed by atoms with E-state index in [0.717, 1.165) is 16.7 Å². The first-order chi connectivity index (χ1) is 14.3. The Morgan fingerprint density at radius 2 is 1.63 bits per heavy atom. The molecule has 0 aliphatic rings. The molecule has 30 heavy (non-hydrogen) atoms. The summed E-state index contributed by atoms with van der Waals surface area (Å²) in [5.74, 6) is 0.193. The van der Waals surface area contributed by atoms with E-state index in [1.807, 2.05) is 32.9 Å². The number of carbonyl (C=O) groups excluding carboxylic acids is 1. The number of ether oxygens (including phenoxy) is 1. The molecule has 8 nitrogen and oxygen atoms in total. The molecule has 0 spiro atoms. The van der Waals surface area contributed by atoms with Crippen LogP contribution in [-0.2, 0) is 14.8 Å². The van der Waals surface area contributed by atoms with Crippen molar-refractivity contribution < 1.29 is 17.9 Å². The lowest BCUT2D eigenvalue weighted by molar-refractivity contribution is -0.118. The van der Waals surface area contributed by atoms with Crippen LogP contribution in [0.4, 0.5) is 11.6 Å². The maximum atomic E-state index is 12.3. The third-order valence-electron chi connectivity index (χ3n) is 4.41. The number of anilines is 1. The van der Waals surface area contributed by atoms with Crippen LogP contribution in [0.15, 0.2) is 59.8 Å². The van der Waals surface area contributed by atoms with Crippen molar-refractivity contribution in [3.05, 3.63) is 76.3 Å². The number of hydrogen-bond donors (Lipinski definition) is 1. The van der Waals surface area contributed by atoms with E-state index in [9.17, 15) is 13.2 Å². The van der Waals surface area contributed by atoms with E-state index in [-0.39, 0.29) is 23.4 Å². The summed E-state index contributed by atoms with van der Waals surface area (Å²) < 4.78 is 33.9. The lowest BCUT2D eigenvalue weighted by Gasteiger charge is -2.14. The van der Waals surface area contributed by atoms with Gasteiger partial charge in [-0.05, 0) is 74.1 Å². The molecule has 156 valence electrons. The van der Waals surface area contributed by atoms with Gasteiger partial charge in [0.15, 0.2) is 6.61 Å². The van der Waals surface area contributed by atoms with Crippen LogP contribution in [0.25, 0.3) is 4.72 Å². The number of hydrogen-bond acceptors (Lipinski definition) is 6. The zero-order valence-corrected chi connectivity index (χ0v) is 17.6. The second-order valence-corrected chi connectivity index (χ2v) is 8.23. The first kappa shape index (κ1) is 21.3. The normalized spacial score (nSPS) is 11.0. The van der Waals surface area contributed by atoms with E-state index >= 15 is 0 Å². The SMILES string of the molecule is Cc1ccc(C)c(OCC(=O)Nc2ccc(S(=O)(=O)[N-]c3ncccn3)cc2)c1C. The first-order valence-electron chi connectivity index (χ1n) is 9.11. The van der Waals surface area contributed by atoms with Gasteiger partial charge in [-0.2, -0.15) is 0 Å². The molecule has 1 N–H and O–H groups in total. The minimum absolute atomic E-state index is 0.0322. The minimum Gasteiger partial charge on any atom is -0.483 e. The number of nitrogens with one attached hydrogen (secondary N) is 1. The van der Waals surface area contributed by atoms with E-state index < -0.39 is 10.0 Å². The summed E-state index contributed by atoms with van der Waals surface area (Å²) in [6.07, 6.45) is 2.81. The van der Waals surface area contributed by atoms with Crippen LogP contribution < -0.4 is 10.1 Å². The first-order valence-corrected chi connectivity index (χ1v) is 10.5. The molecule has 0 saturated heterocycles. The highest BCUT2D eigenvalue weighted by molar-refractivity contribution is 7.94. The molecular formula is C21H21N4O4S-. The molecular weight excluding hydrogens is 404 g/mol. The van der Waals surface area contributed by atoms with Crippen molar-refractivity contribution in [1.82, 2.24) is 9.97 Å². The number of carbonyl (C=O) groups is 1. The molecule has 3 aromatic rings. The van der Waals surface area contributed by atoms with Gasteiger partial charge in [-0.1, -0.05) is 18.2 Å². The topological polar surface area (TPSA) is 112 Å². The quantitative estimate of drug-likeness (QED) is 0.616. The zero-order valence-electron chi connectivity index (χ0n) is 16.8. The van der Waals surface area contributed by atoms with Crippen LogP contribution in [-0.4, -0.2) is 30.9 Å². The fourth-order valence-corrected chi connectivity index (χ4v) is 3.59. The fourth-order valence-electron chi connectivity index (χ4n) is 2.69. The Labute approximate surface area is 175 Å². The van der Waals surface area contributed by atoms with Crippen LogP contribution >= 0.6 is 0 Å². The Hall–Kier alpha value is -3.46. The van der Waals surface area contributed by atoms with Gasteiger partial charge in [0.05, 0.1) is 4.90 Å². The summed E-state index contributed by atoms with van der Waals surface area (Å²) in [4.78, 5) is 19.8. The third kappa shape index (κ3) is 5.12. The van der Waals surface area contributed by atoms with Crippen LogP contribution in [0.3, 0.4) is 0 Å². The zero-order chi connectivity index (χ0) is 21.7.